The Balaban J connectivity index is 0.000000249. The first-order valence-electron chi connectivity index (χ1n) is 21.4. The summed E-state index contributed by atoms with van der Waals surface area (Å²) >= 11 is 17.5. The minimum absolute atomic E-state index is 0.0150. The molecule has 7 heterocycles. The lowest BCUT2D eigenvalue weighted by Crippen LogP contribution is -2.40. The molecule has 3 fully saturated rings. The normalized spacial score (nSPS) is 17.8. The van der Waals surface area contributed by atoms with Crippen molar-refractivity contribution in [3.63, 3.8) is 0 Å². The minimum Gasteiger partial charge on any atom is -0.480 e. The third-order valence-corrected chi connectivity index (χ3v) is 12.6. The zero-order valence-electron chi connectivity index (χ0n) is 38.6. The average Bonchev–Trinajstić information content (AvgIpc) is 3.40. The highest BCUT2D eigenvalue weighted by atomic mass is 79.9. The quantitative estimate of drug-likeness (QED) is 0.0344. The number of nitrogens with zero attached hydrogens (tertiary/aromatic N) is 6. The van der Waals surface area contributed by atoms with Crippen LogP contribution in [0.25, 0.3) is 0 Å². The van der Waals surface area contributed by atoms with Gasteiger partial charge in [-0.1, -0.05) is 38.0 Å². The van der Waals surface area contributed by atoms with Crippen LogP contribution in [-0.2, 0) is 45.3 Å². The second-order valence-corrected chi connectivity index (χ2v) is 19.3. The van der Waals surface area contributed by atoms with Crippen molar-refractivity contribution in [1.82, 2.24) is 20.4 Å². The summed E-state index contributed by atoms with van der Waals surface area (Å²) in [5.74, 6) is 3.10. The maximum Gasteiger partial charge on any atom is 0.228 e. The van der Waals surface area contributed by atoms with Gasteiger partial charge in [-0.25, -0.2) is 20.4 Å². The summed E-state index contributed by atoms with van der Waals surface area (Å²) < 4.78 is 33.2. The molecule has 26 heteroatoms. The summed E-state index contributed by atoms with van der Waals surface area (Å²) in [4.78, 5) is 50.9. The van der Waals surface area contributed by atoms with Crippen LogP contribution in [0.5, 0.6) is 17.6 Å². The number of nitrogens with two attached hydrogens (primary N) is 2. The molecule has 0 aliphatic carbocycles. The number of aromatic nitrogens is 3. The Labute approximate surface area is 442 Å². The van der Waals surface area contributed by atoms with E-state index in [4.69, 9.17) is 59.8 Å². The van der Waals surface area contributed by atoms with E-state index in [2.05, 4.69) is 106 Å². The van der Waals surface area contributed by atoms with Crippen LogP contribution in [0.2, 0.25) is 0 Å². The third kappa shape index (κ3) is 21.0. The molecule has 3 aromatic rings. The molecule has 0 bridgehead atoms. The van der Waals surface area contributed by atoms with Gasteiger partial charge in [-0.15, -0.1) is 0 Å². The Morgan fingerprint density at radius 2 is 1.20 bits per heavy atom. The smallest absolute Gasteiger partial charge is 0.228 e. The van der Waals surface area contributed by atoms with Crippen LogP contribution in [0.3, 0.4) is 0 Å². The molecule has 380 valence electrons. The van der Waals surface area contributed by atoms with Gasteiger partial charge in [0.05, 0.1) is 52.7 Å². The van der Waals surface area contributed by atoms with Crippen molar-refractivity contribution in [2.24, 2.45) is 44.5 Å². The average molecular weight is 1260 g/mol. The number of halogens is 4. The number of Topliss-reactive ketones (excluding diaryl/α,β-unsaturated/α-hetero) is 2. The Morgan fingerprint density at radius 1 is 0.754 bits per heavy atom. The molecule has 4 aliphatic rings. The van der Waals surface area contributed by atoms with Crippen molar-refractivity contribution in [3.8, 4) is 17.6 Å². The van der Waals surface area contributed by atoms with Crippen LogP contribution >= 0.6 is 71.1 Å². The van der Waals surface area contributed by atoms with E-state index in [1.807, 2.05) is 18.8 Å². The fourth-order valence-electron chi connectivity index (χ4n) is 6.53. The molecule has 1 unspecified atom stereocenters. The van der Waals surface area contributed by atoms with Gasteiger partial charge in [0.1, 0.15) is 22.9 Å². The Hall–Kier alpha value is -3.52. The van der Waals surface area contributed by atoms with Gasteiger partial charge in [0, 0.05) is 51.5 Å². The van der Waals surface area contributed by atoms with Crippen LogP contribution in [0, 0.1) is 17.8 Å². The maximum atomic E-state index is 11.9. The number of carbonyl (C=O) groups excluding carboxylic acids is 2. The molecule has 0 spiro atoms. The van der Waals surface area contributed by atoms with Gasteiger partial charge >= 0.3 is 0 Å². The standard InChI is InChI=1S/C14H18BrN3O4.C14H18BrN3O3.C7H8BrN3O2.C7H11BrO2.CH3PS/c1-20-14-10(15)2-3-11(17-14)13(16)18-22-8-12(19)9-4-6-21-7-5-9;1-19-14-10(15)2-3-11(17-14)13-16-12(8-21-18-13)9-4-6-20-7-5-9;1-13-7-4(8)2-3-5(10-7)6(9)11-12;8-5-7(9)6-1-3-10-4-2-6;1-2-3/h2-3,9H,4-8H2,1H3,(H2,16,18);2-3,9,12H,4-8H2,1H3,(H,16,18);2-3,12H,1H3,(H2,9,11);6H,1-5H2;1H3. The second-order valence-electron chi connectivity index (χ2n) is 14.7. The molecule has 6 N–H and O–H groups in total. The first kappa shape index (κ1) is 59.8. The van der Waals surface area contributed by atoms with Gasteiger partial charge in [-0.2, -0.15) is 0 Å². The fraction of sp³-hybridized carbons (Fsp3) is 0.535. The Bertz CT molecular complexity index is 2170. The van der Waals surface area contributed by atoms with Crippen LogP contribution in [0.4, 0.5) is 0 Å². The molecular formula is C43H58Br4N9O11PS. The predicted molar refractivity (Wildman–Crippen MR) is 279 cm³/mol. The number of nitrogens with one attached hydrogen (secondary N) is 1. The molecule has 4 aliphatic heterocycles. The number of pyridine rings is 3. The van der Waals surface area contributed by atoms with Crippen LogP contribution in [0.15, 0.2) is 65.1 Å². The monoisotopic (exact) mass is 1260 g/mol. The lowest BCUT2D eigenvalue weighted by atomic mass is 9.92. The zero-order valence-corrected chi connectivity index (χ0v) is 46.7. The van der Waals surface area contributed by atoms with Gasteiger partial charge in [0.2, 0.25) is 17.6 Å². The summed E-state index contributed by atoms with van der Waals surface area (Å²) in [6.07, 6.45) is 5.33. The maximum absolute atomic E-state index is 11.9. The second kappa shape index (κ2) is 34.0. The van der Waals surface area contributed by atoms with Gasteiger partial charge in [-0.3, -0.25) is 19.4 Å². The molecule has 20 nitrogen and oxygen atoms in total. The highest BCUT2D eigenvalue weighted by Crippen LogP contribution is 2.26. The third-order valence-electron chi connectivity index (χ3n) is 10.3. The number of hydrogen-bond acceptors (Lipinski definition) is 19. The van der Waals surface area contributed by atoms with Crippen molar-refractivity contribution in [2.75, 3.05) is 86.2 Å². The molecule has 7 rings (SSSR count). The van der Waals surface area contributed by atoms with Gasteiger partial charge in [0.25, 0.3) is 0 Å². The van der Waals surface area contributed by atoms with E-state index in [0.29, 0.717) is 86.4 Å². The summed E-state index contributed by atoms with van der Waals surface area (Å²) in [7, 11) is 5.59. The number of aliphatic imine (C=N–C) groups is 1. The van der Waals surface area contributed by atoms with E-state index in [9.17, 15) is 9.59 Å². The van der Waals surface area contributed by atoms with E-state index in [1.54, 1.807) is 31.4 Å². The number of methoxy groups -OCH3 is 3. The molecule has 0 saturated carbocycles. The topological polar surface area (TPSA) is 268 Å². The number of carbonyl (C=O) groups is 2. The summed E-state index contributed by atoms with van der Waals surface area (Å²) in [5.41, 5.74) is 15.5. The molecule has 0 radical (unpaired) electrons. The van der Waals surface area contributed by atoms with Gasteiger partial charge in [-0.05, 0) is 143 Å². The van der Waals surface area contributed by atoms with E-state index in [0.717, 1.165) is 76.8 Å². The van der Waals surface area contributed by atoms with Gasteiger partial charge in [0.15, 0.2) is 29.9 Å². The lowest BCUT2D eigenvalue weighted by Gasteiger charge is -2.30. The fourth-order valence-corrected chi connectivity index (χ4v) is 8.14. The van der Waals surface area contributed by atoms with Crippen LogP contribution in [0.1, 0.15) is 55.6 Å². The predicted octanol–water partition coefficient (Wildman–Crippen LogP) is 6.76. The first-order chi connectivity index (χ1) is 33.3. The summed E-state index contributed by atoms with van der Waals surface area (Å²) in [6, 6.07) is 10.7. The lowest BCUT2D eigenvalue weighted by molar-refractivity contribution is -0.130. The van der Waals surface area contributed by atoms with Crippen LogP contribution in [-0.4, -0.2) is 141 Å². The van der Waals surface area contributed by atoms with E-state index < -0.39 is 0 Å². The molecular weight excluding hydrogens is 1200 g/mol. The Kier molecular flexibility index (Phi) is 29.4. The number of oxime groups is 2. The number of hydroxylamine groups is 1. The molecule has 69 heavy (non-hydrogen) atoms. The number of ether oxygens (including phenoxy) is 6. The highest BCUT2D eigenvalue weighted by Gasteiger charge is 2.28. The van der Waals surface area contributed by atoms with Crippen molar-refractivity contribution in [1.29, 1.82) is 0 Å². The summed E-state index contributed by atoms with van der Waals surface area (Å²) in [6.45, 7) is 6.76. The molecule has 1 atom stereocenters. The largest absolute Gasteiger partial charge is 0.480 e. The van der Waals surface area contributed by atoms with E-state index in [1.165, 1.54) is 14.2 Å². The number of ketones is 2. The van der Waals surface area contributed by atoms with Gasteiger partial charge < -0.3 is 49.9 Å². The number of alkyl halides is 1. The number of rotatable bonds is 13. The van der Waals surface area contributed by atoms with E-state index >= 15 is 0 Å². The van der Waals surface area contributed by atoms with Crippen molar-refractivity contribution >= 4 is 112 Å². The zero-order chi connectivity index (χ0) is 50.6. The molecule has 3 aromatic heterocycles. The van der Waals surface area contributed by atoms with Crippen molar-refractivity contribution < 1.29 is 52.9 Å². The minimum atomic E-state index is -0.0982. The van der Waals surface area contributed by atoms with Crippen LogP contribution < -0.4 is 31.2 Å². The van der Waals surface area contributed by atoms with Crippen molar-refractivity contribution in [3.05, 3.63) is 66.9 Å². The van der Waals surface area contributed by atoms with Crippen molar-refractivity contribution in [2.45, 2.75) is 44.6 Å². The molecule has 0 amide bonds. The molecule has 3 saturated heterocycles. The number of amidine groups is 3. The summed E-state index contributed by atoms with van der Waals surface area (Å²) in [5, 5.41) is 15.5. The SMILES string of the molecule is COc1nc(/C(N)=N/O)ccc1Br.COc1nc(/C(N)=N/OCC(=O)C2CCOCC2)ccc1Br.COc1nc(C2=NC(C3CCOCC3)CON2)ccc1Br.CP=S.O=C(CBr)C1CCOCC1. The van der Waals surface area contributed by atoms with E-state index in [-0.39, 0.29) is 41.9 Å². The first-order valence-corrected chi connectivity index (χ1v) is 27.3. The Morgan fingerprint density at radius 3 is 1.68 bits per heavy atom. The number of hydrogen-bond donors (Lipinski definition) is 4. The molecule has 0 aromatic carbocycles. The highest BCUT2D eigenvalue weighted by molar-refractivity contribution is 9.11.